The molecule has 1 aromatic heterocycles. The molecule has 2 aromatic carbocycles. The summed E-state index contributed by atoms with van der Waals surface area (Å²) in [5.41, 5.74) is 5.66. The van der Waals surface area contributed by atoms with Crippen LogP contribution in [0.15, 0.2) is 47.6 Å². The van der Waals surface area contributed by atoms with Crippen LogP contribution in [0.1, 0.15) is 19.4 Å². The minimum absolute atomic E-state index is 0.0692. The highest BCUT2D eigenvalue weighted by atomic mass is 16.5. The highest BCUT2D eigenvalue weighted by molar-refractivity contribution is 5.82. The van der Waals surface area contributed by atoms with Gasteiger partial charge in [0.25, 0.3) is 0 Å². The highest BCUT2D eigenvalue weighted by Crippen LogP contribution is 2.28. The number of hydrogen-bond acceptors (Lipinski definition) is 5. The number of nitrogens with zero attached hydrogens (tertiary/aromatic N) is 2. The fourth-order valence-corrected chi connectivity index (χ4v) is 2.29. The summed E-state index contributed by atoms with van der Waals surface area (Å²) >= 11 is 0. The number of aromatic nitrogens is 2. The van der Waals surface area contributed by atoms with Crippen molar-refractivity contribution in [1.29, 1.82) is 0 Å². The van der Waals surface area contributed by atoms with Crippen molar-refractivity contribution >= 4 is 23.2 Å². The predicted octanol–water partition coefficient (Wildman–Crippen LogP) is 3.80. The zero-order valence-corrected chi connectivity index (χ0v) is 13.9. The molecule has 3 aromatic rings. The van der Waals surface area contributed by atoms with E-state index in [1.807, 2.05) is 56.3 Å². The second-order valence-corrected chi connectivity index (χ2v) is 5.55. The molecule has 124 valence electrons. The smallest absolute Gasteiger partial charge is 0.222 e. The summed E-state index contributed by atoms with van der Waals surface area (Å²) in [5, 5.41) is 4.22. The summed E-state index contributed by atoms with van der Waals surface area (Å²) in [7, 11) is 1.62. The Morgan fingerprint density at radius 2 is 2.00 bits per heavy atom. The van der Waals surface area contributed by atoms with Gasteiger partial charge in [-0.3, -0.25) is 0 Å². The van der Waals surface area contributed by atoms with Crippen LogP contribution in [0.4, 0.5) is 5.95 Å². The van der Waals surface area contributed by atoms with Crippen molar-refractivity contribution in [1.82, 2.24) is 9.97 Å². The molecule has 6 heteroatoms. The van der Waals surface area contributed by atoms with Gasteiger partial charge in [-0.2, -0.15) is 5.10 Å². The standard InChI is InChI=1S/C18H20N4O2/c1-12(2)24-17-10-13(8-9-16(17)23-3)11-19-22-18-20-14-6-4-5-7-15(14)21-18/h4-12H,1-3H3,(H2,20,21,22)/b19-11-. The molecule has 0 bridgehead atoms. The van der Waals surface area contributed by atoms with Crippen LogP contribution in [0.2, 0.25) is 0 Å². The van der Waals surface area contributed by atoms with Gasteiger partial charge in [-0.15, -0.1) is 0 Å². The lowest BCUT2D eigenvalue weighted by Crippen LogP contribution is -2.07. The first-order valence-corrected chi connectivity index (χ1v) is 7.74. The fraction of sp³-hybridized carbons (Fsp3) is 0.222. The Bertz CT molecular complexity index is 822. The molecular weight excluding hydrogens is 304 g/mol. The molecular formula is C18H20N4O2. The largest absolute Gasteiger partial charge is 0.493 e. The molecule has 0 atom stereocenters. The van der Waals surface area contributed by atoms with Crippen molar-refractivity contribution in [3.05, 3.63) is 48.0 Å². The molecule has 0 aliphatic heterocycles. The van der Waals surface area contributed by atoms with E-state index in [9.17, 15) is 0 Å². The van der Waals surface area contributed by atoms with Crippen molar-refractivity contribution in [2.45, 2.75) is 20.0 Å². The van der Waals surface area contributed by atoms with Gasteiger partial charge in [-0.25, -0.2) is 10.4 Å². The number of hydrogen-bond donors (Lipinski definition) is 2. The van der Waals surface area contributed by atoms with E-state index in [1.54, 1.807) is 13.3 Å². The molecule has 2 N–H and O–H groups in total. The molecule has 0 spiro atoms. The topological polar surface area (TPSA) is 71.5 Å². The summed E-state index contributed by atoms with van der Waals surface area (Å²) in [6.07, 6.45) is 1.78. The molecule has 0 radical (unpaired) electrons. The quantitative estimate of drug-likeness (QED) is 0.534. The van der Waals surface area contributed by atoms with Gasteiger partial charge in [-0.1, -0.05) is 12.1 Å². The van der Waals surface area contributed by atoms with E-state index in [0.29, 0.717) is 17.4 Å². The Morgan fingerprint density at radius 1 is 1.17 bits per heavy atom. The number of aromatic amines is 1. The van der Waals surface area contributed by atoms with Gasteiger partial charge in [0.2, 0.25) is 5.95 Å². The summed E-state index contributed by atoms with van der Waals surface area (Å²) in [6.45, 7) is 3.95. The molecule has 3 rings (SSSR count). The number of benzene rings is 2. The zero-order valence-electron chi connectivity index (χ0n) is 13.9. The minimum atomic E-state index is 0.0692. The number of fused-ring (bicyclic) bond motifs is 1. The Kier molecular flexibility index (Phi) is 4.65. The van der Waals surface area contributed by atoms with E-state index in [2.05, 4.69) is 20.5 Å². The summed E-state index contributed by atoms with van der Waals surface area (Å²) < 4.78 is 11.1. The third-order valence-corrected chi connectivity index (χ3v) is 3.32. The summed E-state index contributed by atoms with van der Waals surface area (Å²) in [5.74, 6) is 1.99. The Labute approximate surface area is 140 Å². The lowest BCUT2D eigenvalue weighted by Gasteiger charge is -2.13. The van der Waals surface area contributed by atoms with Crippen LogP contribution in [-0.4, -0.2) is 29.4 Å². The highest BCUT2D eigenvalue weighted by Gasteiger charge is 2.07. The first kappa shape index (κ1) is 15.9. The molecule has 0 aliphatic rings. The van der Waals surface area contributed by atoms with E-state index >= 15 is 0 Å². The van der Waals surface area contributed by atoms with E-state index in [0.717, 1.165) is 16.6 Å². The molecule has 0 fully saturated rings. The number of imidazole rings is 1. The van der Waals surface area contributed by atoms with Gasteiger partial charge < -0.3 is 14.5 Å². The molecule has 0 unspecified atom stereocenters. The van der Waals surface area contributed by atoms with Gasteiger partial charge in [0.15, 0.2) is 11.5 Å². The monoisotopic (exact) mass is 324 g/mol. The minimum Gasteiger partial charge on any atom is -0.493 e. The molecule has 0 aliphatic carbocycles. The maximum atomic E-state index is 5.76. The van der Waals surface area contributed by atoms with Crippen LogP contribution in [0.25, 0.3) is 11.0 Å². The van der Waals surface area contributed by atoms with Gasteiger partial charge >= 0.3 is 0 Å². The maximum Gasteiger partial charge on any atom is 0.222 e. The number of H-pyrrole nitrogens is 1. The van der Waals surface area contributed by atoms with Crippen LogP contribution in [0, 0.1) is 0 Å². The van der Waals surface area contributed by atoms with E-state index in [1.165, 1.54) is 0 Å². The van der Waals surface area contributed by atoms with Crippen LogP contribution >= 0.6 is 0 Å². The number of nitrogens with one attached hydrogen (secondary N) is 2. The van der Waals surface area contributed by atoms with Crippen LogP contribution < -0.4 is 14.9 Å². The third kappa shape index (κ3) is 3.65. The van der Waals surface area contributed by atoms with Gasteiger partial charge in [0, 0.05) is 0 Å². The summed E-state index contributed by atoms with van der Waals surface area (Å²) in [6, 6.07) is 13.5. The lowest BCUT2D eigenvalue weighted by atomic mass is 10.2. The number of methoxy groups -OCH3 is 1. The second-order valence-electron chi connectivity index (χ2n) is 5.55. The van der Waals surface area contributed by atoms with Crippen molar-refractivity contribution in [3.8, 4) is 11.5 Å². The average molecular weight is 324 g/mol. The molecule has 24 heavy (non-hydrogen) atoms. The first-order valence-electron chi connectivity index (χ1n) is 7.74. The zero-order chi connectivity index (χ0) is 16.9. The number of para-hydroxylation sites is 2. The first-order chi connectivity index (χ1) is 11.7. The third-order valence-electron chi connectivity index (χ3n) is 3.32. The Balaban J connectivity index is 1.73. The second kappa shape index (κ2) is 7.04. The van der Waals surface area contributed by atoms with Crippen LogP contribution in [-0.2, 0) is 0 Å². The molecule has 0 saturated carbocycles. The number of anilines is 1. The van der Waals surface area contributed by atoms with Gasteiger partial charge in [-0.05, 0) is 49.7 Å². The van der Waals surface area contributed by atoms with Crippen molar-refractivity contribution in [2.75, 3.05) is 12.5 Å². The van der Waals surface area contributed by atoms with Gasteiger partial charge in [0.1, 0.15) is 0 Å². The van der Waals surface area contributed by atoms with Gasteiger partial charge in [0.05, 0.1) is 30.5 Å². The van der Waals surface area contributed by atoms with Crippen LogP contribution in [0.5, 0.6) is 11.5 Å². The lowest BCUT2D eigenvalue weighted by molar-refractivity contribution is 0.230. The molecule has 0 amide bonds. The van der Waals surface area contributed by atoms with Crippen LogP contribution in [0.3, 0.4) is 0 Å². The normalized spacial score (nSPS) is 11.3. The summed E-state index contributed by atoms with van der Waals surface area (Å²) in [4.78, 5) is 7.56. The fourth-order valence-electron chi connectivity index (χ4n) is 2.29. The average Bonchev–Trinajstić information content (AvgIpc) is 2.97. The van der Waals surface area contributed by atoms with Crippen molar-refractivity contribution < 1.29 is 9.47 Å². The number of ether oxygens (including phenoxy) is 2. The van der Waals surface area contributed by atoms with Crippen molar-refractivity contribution in [2.24, 2.45) is 5.10 Å². The van der Waals surface area contributed by atoms with E-state index in [4.69, 9.17) is 9.47 Å². The molecule has 1 heterocycles. The van der Waals surface area contributed by atoms with Crippen molar-refractivity contribution in [3.63, 3.8) is 0 Å². The van der Waals surface area contributed by atoms with E-state index < -0.39 is 0 Å². The predicted molar refractivity (Wildman–Crippen MR) is 96.1 cm³/mol. The van der Waals surface area contributed by atoms with E-state index in [-0.39, 0.29) is 6.10 Å². The molecule has 0 saturated heterocycles. The molecule has 6 nitrogen and oxygen atoms in total. The number of hydrazone groups is 1. The number of rotatable bonds is 6. The SMILES string of the molecule is COc1ccc(/C=N\Nc2nc3ccccc3[nH]2)cc1OC(C)C. The maximum absolute atomic E-state index is 5.76. The Morgan fingerprint density at radius 3 is 2.75 bits per heavy atom. The Hall–Kier alpha value is -3.02.